The van der Waals surface area contributed by atoms with Crippen LogP contribution >= 0.6 is 0 Å². The number of benzene rings is 1. The van der Waals surface area contributed by atoms with E-state index in [1.165, 1.54) is 0 Å². The third-order valence-electron chi connectivity index (χ3n) is 2.36. The van der Waals surface area contributed by atoms with Gasteiger partial charge in [0.15, 0.2) is 0 Å². The third-order valence-corrected chi connectivity index (χ3v) is 2.36. The van der Waals surface area contributed by atoms with Gasteiger partial charge in [0.1, 0.15) is 5.75 Å². The van der Waals surface area contributed by atoms with E-state index in [0.717, 1.165) is 11.1 Å². The molecular weight excluding hydrogens is 232 g/mol. The molecule has 18 heavy (non-hydrogen) atoms. The highest BCUT2D eigenvalue weighted by Gasteiger charge is 2.02. The van der Waals surface area contributed by atoms with Crippen molar-refractivity contribution in [2.75, 3.05) is 13.7 Å². The first-order valence-electron chi connectivity index (χ1n) is 5.81. The van der Waals surface area contributed by atoms with E-state index >= 15 is 0 Å². The molecule has 0 amide bonds. The lowest BCUT2D eigenvalue weighted by molar-refractivity contribution is -0.142. The Hall–Kier alpha value is -1.81. The Labute approximate surface area is 107 Å². The van der Waals surface area contributed by atoms with Gasteiger partial charge in [0, 0.05) is 5.56 Å². The second kappa shape index (κ2) is 7.50. The van der Waals surface area contributed by atoms with Crippen LogP contribution < -0.4 is 4.74 Å². The minimum absolute atomic E-state index is 0.0251. The fourth-order valence-corrected chi connectivity index (χ4v) is 1.51. The van der Waals surface area contributed by atoms with Crippen LogP contribution in [0.2, 0.25) is 0 Å². The largest absolute Gasteiger partial charge is 0.496 e. The second-order valence-corrected chi connectivity index (χ2v) is 3.65. The lowest BCUT2D eigenvalue weighted by Crippen LogP contribution is -2.01. The van der Waals surface area contributed by atoms with E-state index in [-0.39, 0.29) is 19.0 Å². The molecule has 0 fully saturated rings. The normalized spacial score (nSPS) is 10.6. The van der Waals surface area contributed by atoms with Crippen molar-refractivity contribution in [3.63, 3.8) is 0 Å². The molecule has 0 aliphatic heterocycles. The van der Waals surface area contributed by atoms with Crippen LogP contribution in [0.4, 0.5) is 0 Å². The van der Waals surface area contributed by atoms with Gasteiger partial charge in [-0.1, -0.05) is 18.2 Å². The van der Waals surface area contributed by atoms with E-state index in [1.807, 2.05) is 6.07 Å². The van der Waals surface area contributed by atoms with Crippen LogP contribution in [-0.4, -0.2) is 24.8 Å². The van der Waals surface area contributed by atoms with Crippen molar-refractivity contribution in [1.82, 2.24) is 0 Å². The molecule has 0 aliphatic carbocycles. The Morgan fingerprint density at radius 1 is 1.44 bits per heavy atom. The predicted octanol–water partition coefficient (Wildman–Crippen LogP) is 2.15. The van der Waals surface area contributed by atoms with Crippen LogP contribution in [0.5, 0.6) is 5.75 Å². The topological polar surface area (TPSA) is 55.8 Å². The molecule has 1 N–H and O–H groups in total. The molecular formula is C14H18O4. The maximum atomic E-state index is 11.2. The monoisotopic (exact) mass is 250 g/mol. The number of esters is 1. The molecule has 4 nitrogen and oxygen atoms in total. The maximum Gasteiger partial charge on any atom is 0.309 e. The number of hydrogen-bond acceptors (Lipinski definition) is 4. The quantitative estimate of drug-likeness (QED) is 0.786. The molecule has 1 aromatic carbocycles. The van der Waals surface area contributed by atoms with Crippen LogP contribution in [0.15, 0.2) is 24.3 Å². The molecule has 1 aromatic rings. The third kappa shape index (κ3) is 4.22. The molecule has 0 heterocycles. The van der Waals surface area contributed by atoms with Crippen molar-refractivity contribution in [2.24, 2.45) is 0 Å². The van der Waals surface area contributed by atoms with Gasteiger partial charge in [-0.05, 0) is 24.6 Å². The Bertz CT molecular complexity index is 424. The summed E-state index contributed by atoms with van der Waals surface area (Å²) in [4.78, 5) is 11.2. The fraction of sp³-hybridized carbons (Fsp3) is 0.357. The van der Waals surface area contributed by atoms with Gasteiger partial charge in [0.2, 0.25) is 0 Å². The summed E-state index contributed by atoms with van der Waals surface area (Å²) in [5.74, 6) is 0.443. The number of hydrogen-bond donors (Lipinski definition) is 1. The summed E-state index contributed by atoms with van der Waals surface area (Å²) in [6.45, 7) is 2.13. The SMILES string of the molecule is CCOC(=O)CC=Cc1cc(CO)ccc1OC. The summed E-state index contributed by atoms with van der Waals surface area (Å²) in [6, 6.07) is 5.40. The van der Waals surface area contributed by atoms with Gasteiger partial charge in [-0.3, -0.25) is 4.79 Å². The summed E-state index contributed by atoms with van der Waals surface area (Å²) in [6.07, 6.45) is 3.73. The first-order valence-corrected chi connectivity index (χ1v) is 5.81. The van der Waals surface area contributed by atoms with Crippen LogP contribution in [0, 0.1) is 0 Å². The highest BCUT2D eigenvalue weighted by atomic mass is 16.5. The number of methoxy groups -OCH3 is 1. The van der Waals surface area contributed by atoms with E-state index in [4.69, 9.17) is 14.6 Å². The molecule has 0 aliphatic rings. The minimum Gasteiger partial charge on any atom is -0.496 e. The highest BCUT2D eigenvalue weighted by molar-refractivity contribution is 5.73. The summed E-state index contributed by atoms with van der Waals surface area (Å²) in [5, 5.41) is 9.07. The molecule has 0 atom stereocenters. The number of rotatable bonds is 6. The Balaban J connectivity index is 2.75. The molecule has 0 aromatic heterocycles. The highest BCUT2D eigenvalue weighted by Crippen LogP contribution is 2.21. The molecule has 98 valence electrons. The standard InChI is InChI=1S/C14H18O4/c1-3-18-14(16)6-4-5-12-9-11(10-15)7-8-13(12)17-2/h4-5,7-9,15H,3,6,10H2,1-2H3. The summed E-state index contributed by atoms with van der Waals surface area (Å²) in [5.41, 5.74) is 1.62. The van der Waals surface area contributed by atoms with Crippen molar-refractivity contribution in [2.45, 2.75) is 20.0 Å². The van der Waals surface area contributed by atoms with E-state index in [0.29, 0.717) is 12.4 Å². The van der Waals surface area contributed by atoms with Crippen LogP contribution in [-0.2, 0) is 16.1 Å². The van der Waals surface area contributed by atoms with Gasteiger partial charge in [0.05, 0.1) is 26.7 Å². The van der Waals surface area contributed by atoms with Gasteiger partial charge >= 0.3 is 5.97 Å². The molecule has 0 saturated heterocycles. The van der Waals surface area contributed by atoms with Gasteiger partial charge in [-0.15, -0.1) is 0 Å². The van der Waals surface area contributed by atoms with Gasteiger partial charge in [-0.2, -0.15) is 0 Å². The maximum absolute atomic E-state index is 11.2. The van der Waals surface area contributed by atoms with E-state index < -0.39 is 0 Å². The number of carbonyl (C=O) groups excluding carboxylic acids is 1. The lowest BCUT2D eigenvalue weighted by atomic mass is 10.1. The summed E-state index contributed by atoms with van der Waals surface area (Å²) < 4.78 is 10.0. The van der Waals surface area contributed by atoms with E-state index in [2.05, 4.69) is 0 Å². The molecule has 0 spiro atoms. The van der Waals surface area contributed by atoms with Gasteiger partial charge in [-0.25, -0.2) is 0 Å². The molecule has 4 heteroatoms. The molecule has 0 saturated carbocycles. The Morgan fingerprint density at radius 3 is 2.83 bits per heavy atom. The first kappa shape index (κ1) is 14.3. The fourth-order valence-electron chi connectivity index (χ4n) is 1.51. The summed E-state index contributed by atoms with van der Waals surface area (Å²) >= 11 is 0. The number of aliphatic hydroxyl groups is 1. The van der Waals surface area contributed by atoms with E-state index in [1.54, 1.807) is 38.3 Å². The van der Waals surface area contributed by atoms with Gasteiger partial charge < -0.3 is 14.6 Å². The molecule has 0 radical (unpaired) electrons. The zero-order chi connectivity index (χ0) is 13.4. The predicted molar refractivity (Wildman–Crippen MR) is 69.2 cm³/mol. The minimum atomic E-state index is -0.258. The lowest BCUT2D eigenvalue weighted by Gasteiger charge is -2.06. The molecule has 1 rings (SSSR count). The van der Waals surface area contributed by atoms with Crippen molar-refractivity contribution in [3.05, 3.63) is 35.4 Å². The molecule has 0 bridgehead atoms. The van der Waals surface area contributed by atoms with Crippen molar-refractivity contribution in [3.8, 4) is 5.75 Å². The zero-order valence-corrected chi connectivity index (χ0v) is 10.7. The summed E-state index contributed by atoms with van der Waals surface area (Å²) in [7, 11) is 1.58. The smallest absolute Gasteiger partial charge is 0.309 e. The van der Waals surface area contributed by atoms with Crippen molar-refractivity contribution in [1.29, 1.82) is 0 Å². The first-order chi connectivity index (χ1) is 8.71. The van der Waals surface area contributed by atoms with Crippen LogP contribution in [0.3, 0.4) is 0 Å². The van der Waals surface area contributed by atoms with Crippen molar-refractivity contribution < 1.29 is 19.4 Å². The zero-order valence-electron chi connectivity index (χ0n) is 10.7. The Morgan fingerprint density at radius 2 is 2.22 bits per heavy atom. The Kier molecular flexibility index (Phi) is 5.94. The average molecular weight is 250 g/mol. The van der Waals surface area contributed by atoms with Gasteiger partial charge in [0.25, 0.3) is 0 Å². The second-order valence-electron chi connectivity index (χ2n) is 3.65. The van der Waals surface area contributed by atoms with Crippen LogP contribution in [0.25, 0.3) is 6.08 Å². The van der Waals surface area contributed by atoms with Crippen molar-refractivity contribution >= 4 is 12.0 Å². The number of ether oxygens (including phenoxy) is 2. The number of aliphatic hydroxyl groups excluding tert-OH is 1. The number of carbonyl (C=O) groups is 1. The average Bonchev–Trinajstić information content (AvgIpc) is 2.39. The van der Waals surface area contributed by atoms with Crippen LogP contribution in [0.1, 0.15) is 24.5 Å². The molecule has 0 unspecified atom stereocenters. The van der Waals surface area contributed by atoms with E-state index in [9.17, 15) is 4.79 Å².